The first-order valence-electron chi connectivity index (χ1n) is 9.80. The molecule has 0 aliphatic heterocycles. The van der Waals surface area contributed by atoms with Crippen molar-refractivity contribution in [2.24, 2.45) is 0 Å². The highest BCUT2D eigenvalue weighted by atomic mass is 35.5. The highest BCUT2D eigenvalue weighted by molar-refractivity contribution is 7.99. The molecule has 30 heavy (non-hydrogen) atoms. The highest BCUT2D eigenvalue weighted by Gasteiger charge is 2.14. The number of nitrogens with zero attached hydrogens (tertiary/aromatic N) is 3. The molecule has 0 fully saturated rings. The Morgan fingerprint density at radius 2 is 1.83 bits per heavy atom. The highest BCUT2D eigenvalue weighted by Crippen LogP contribution is 2.23. The molecule has 3 rings (SSSR count). The summed E-state index contributed by atoms with van der Waals surface area (Å²) < 4.78 is 2.01. The van der Waals surface area contributed by atoms with Crippen molar-refractivity contribution in [1.29, 1.82) is 0 Å². The van der Waals surface area contributed by atoms with Crippen molar-refractivity contribution < 1.29 is 4.79 Å². The van der Waals surface area contributed by atoms with Crippen LogP contribution in [0.5, 0.6) is 0 Å². The van der Waals surface area contributed by atoms with Crippen molar-refractivity contribution in [2.45, 2.75) is 45.9 Å². The summed E-state index contributed by atoms with van der Waals surface area (Å²) in [6.45, 7) is 9.24. The van der Waals surface area contributed by atoms with Gasteiger partial charge < -0.3 is 15.2 Å². The molecular formula is C22H26ClN5OS. The largest absolute Gasteiger partial charge is 0.378 e. The topological polar surface area (TPSA) is 71.8 Å². The molecule has 8 heteroatoms. The number of aryl methyl sites for hydroxylation is 3. The number of amides is 1. The summed E-state index contributed by atoms with van der Waals surface area (Å²) in [4.78, 5) is 12.5. The zero-order valence-corrected chi connectivity index (χ0v) is 19.2. The van der Waals surface area contributed by atoms with E-state index in [9.17, 15) is 4.79 Å². The number of carbonyl (C=O) groups excluding carboxylic acids is 1. The van der Waals surface area contributed by atoms with Crippen LogP contribution in [0.1, 0.15) is 29.4 Å². The number of carbonyl (C=O) groups is 1. The van der Waals surface area contributed by atoms with Crippen molar-refractivity contribution in [3.63, 3.8) is 0 Å². The Hall–Kier alpha value is -2.51. The molecule has 0 aliphatic rings. The quantitative estimate of drug-likeness (QED) is 0.467. The van der Waals surface area contributed by atoms with E-state index in [-0.39, 0.29) is 11.7 Å². The molecule has 0 unspecified atom stereocenters. The maximum Gasteiger partial charge on any atom is 0.234 e. The fourth-order valence-corrected chi connectivity index (χ4v) is 4.08. The third-order valence-electron chi connectivity index (χ3n) is 4.81. The van der Waals surface area contributed by atoms with Gasteiger partial charge in [0.05, 0.1) is 12.3 Å². The Balaban J connectivity index is 1.61. The Labute approximate surface area is 186 Å². The fraction of sp³-hybridized carbons (Fsp3) is 0.318. The van der Waals surface area contributed by atoms with Crippen molar-refractivity contribution in [3.8, 4) is 0 Å². The van der Waals surface area contributed by atoms with Crippen molar-refractivity contribution in [3.05, 3.63) is 63.9 Å². The SMILES string of the molecule is CCn1c(CNc2ccc(C)c(Cl)c2)nnc1SCC(=O)Nc1c(C)cccc1C. The second-order valence-corrected chi connectivity index (χ2v) is 8.41. The van der Waals surface area contributed by atoms with Gasteiger partial charge in [0.25, 0.3) is 0 Å². The zero-order valence-electron chi connectivity index (χ0n) is 17.6. The Morgan fingerprint density at radius 3 is 2.50 bits per heavy atom. The molecule has 0 radical (unpaired) electrons. The minimum Gasteiger partial charge on any atom is -0.378 e. The van der Waals surface area contributed by atoms with Crippen LogP contribution < -0.4 is 10.6 Å². The first-order chi connectivity index (χ1) is 14.4. The lowest BCUT2D eigenvalue weighted by atomic mass is 10.1. The summed E-state index contributed by atoms with van der Waals surface area (Å²) in [5.41, 5.74) is 4.95. The lowest BCUT2D eigenvalue weighted by Crippen LogP contribution is -2.16. The molecule has 6 nitrogen and oxygen atoms in total. The lowest BCUT2D eigenvalue weighted by molar-refractivity contribution is -0.113. The Morgan fingerprint density at radius 1 is 1.10 bits per heavy atom. The Bertz CT molecular complexity index is 1030. The molecule has 0 bridgehead atoms. The van der Waals surface area contributed by atoms with Gasteiger partial charge in [-0.2, -0.15) is 0 Å². The molecule has 1 aromatic heterocycles. The number of hydrogen-bond donors (Lipinski definition) is 2. The van der Waals surface area contributed by atoms with E-state index in [0.29, 0.717) is 6.54 Å². The molecular weight excluding hydrogens is 418 g/mol. The summed E-state index contributed by atoms with van der Waals surface area (Å²) in [6.07, 6.45) is 0. The number of nitrogens with one attached hydrogen (secondary N) is 2. The molecule has 158 valence electrons. The van der Waals surface area contributed by atoms with E-state index < -0.39 is 0 Å². The fourth-order valence-electron chi connectivity index (χ4n) is 3.08. The van der Waals surface area contributed by atoms with Gasteiger partial charge in [-0.05, 0) is 56.5 Å². The summed E-state index contributed by atoms with van der Waals surface area (Å²) in [5.74, 6) is 1.02. The van der Waals surface area contributed by atoms with Gasteiger partial charge >= 0.3 is 0 Å². The van der Waals surface area contributed by atoms with Crippen LogP contribution in [-0.2, 0) is 17.9 Å². The van der Waals surface area contributed by atoms with Gasteiger partial charge in [0, 0.05) is 22.9 Å². The van der Waals surface area contributed by atoms with E-state index >= 15 is 0 Å². The standard InChI is InChI=1S/C22H26ClN5OS/c1-5-28-19(12-24-17-10-9-14(2)18(23)11-17)26-27-22(28)30-13-20(29)25-21-15(3)7-6-8-16(21)4/h6-11,24H,5,12-13H2,1-4H3,(H,25,29). The van der Waals surface area contributed by atoms with Gasteiger partial charge in [-0.1, -0.05) is 47.6 Å². The number of anilines is 2. The summed E-state index contributed by atoms with van der Waals surface area (Å²) >= 11 is 7.58. The number of para-hydroxylation sites is 1. The number of thioether (sulfide) groups is 1. The first kappa shape index (κ1) is 22.2. The number of halogens is 1. The Kier molecular flexibility index (Phi) is 7.39. The lowest BCUT2D eigenvalue weighted by Gasteiger charge is -2.12. The third-order valence-corrected chi connectivity index (χ3v) is 6.18. The predicted molar refractivity (Wildman–Crippen MR) is 124 cm³/mol. The van der Waals surface area contributed by atoms with Gasteiger partial charge in [-0.3, -0.25) is 4.79 Å². The van der Waals surface area contributed by atoms with Crippen LogP contribution >= 0.6 is 23.4 Å². The average Bonchev–Trinajstić information content (AvgIpc) is 3.12. The van der Waals surface area contributed by atoms with E-state index in [1.54, 1.807) is 0 Å². The minimum atomic E-state index is -0.0583. The van der Waals surface area contributed by atoms with E-state index in [1.807, 2.05) is 68.7 Å². The first-order valence-corrected chi connectivity index (χ1v) is 11.2. The third kappa shape index (κ3) is 5.34. The van der Waals surface area contributed by atoms with Gasteiger partial charge in [-0.25, -0.2) is 0 Å². The van der Waals surface area contributed by atoms with Crippen LogP contribution in [0.2, 0.25) is 5.02 Å². The normalized spacial score (nSPS) is 10.8. The van der Waals surface area contributed by atoms with Crippen molar-refractivity contribution in [1.82, 2.24) is 14.8 Å². The zero-order chi connectivity index (χ0) is 21.7. The maximum atomic E-state index is 12.5. The van der Waals surface area contributed by atoms with E-state index in [0.717, 1.165) is 50.6 Å². The number of aromatic nitrogens is 3. The van der Waals surface area contributed by atoms with Gasteiger partial charge in [-0.15, -0.1) is 10.2 Å². The smallest absolute Gasteiger partial charge is 0.234 e. The average molecular weight is 444 g/mol. The number of rotatable bonds is 8. The maximum absolute atomic E-state index is 12.5. The molecule has 2 aromatic carbocycles. The minimum absolute atomic E-state index is 0.0583. The monoisotopic (exact) mass is 443 g/mol. The molecule has 2 N–H and O–H groups in total. The second kappa shape index (κ2) is 10.00. The van der Waals surface area contributed by atoms with E-state index in [2.05, 4.69) is 20.8 Å². The summed E-state index contributed by atoms with van der Waals surface area (Å²) in [5, 5.41) is 16.4. The van der Waals surface area contributed by atoms with Gasteiger partial charge in [0.15, 0.2) is 11.0 Å². The summed E-state index contributed by atoms with van der Waals surface area (Å²) in [6, 6.07) is 11.8. The van der Waals surface area contributed by atoms with Crippen LogP contribution in [0.3, 0.4) is 0 Å². The molecule has 0 saturated heterocycles. The predicted octanol–water partition coefficient (Wildman–Crippen LogP) is 5.22. The number of hydrogen-bond acceptors (Lipinski definition) is 5. The molecule has 0 aliphatic carbocycles. The van der Waals surface area contributed by atoms with Crippen LogP contribution in [-0.4, -0.2) is 26.4 Å². The molecule has 0 spiro atoms. The van der Waals surface area contributed by atoms with Gasteiger partial charge in [0.2, 0.25) is 5.91 Å². The molecule has 1 heterocycles. The van der Waals surface area contributed by atoms with Crippen molar-refractivity contribution in [2.75, 3.05) is 16.4 Å². The second-order valence-electron chi connectivity index (χ2n) is 7.06. The molecule has 3 aromatic rings. The van der Waals surface area contributed by atoms with Gasteiger partial charge in [0.1, 0.15) is 0 Å². The van der Waals surface area contributed by atoms with E-state index in [1.165, 1.54) is 11.8 Å². The molecule has 1 amide bonds. The summed E-state index contributed by atoms with van der Waals surface area (Å²) in [7, 11) is 0. The van der Waals surface area contributed by atoms with E-state index in [4.69, 9.17) is 11.6 Å². The van der Waals surface area contributed by atoms with Crippen LogP contribution in [0.4, 0.5) is 11.4 Å². The molecule has 0 atom stereocenters. The van der Waals surface area contributed by atoms with Crippen LogP contribution in [0, 0.1) is 20.8 Å². The van der Waals surface area contributed by atoms with Crippen LogP contribution in [0.25, 0.3) is 0 Å². The number of benzene rings is 2. The van der Waals surface area contributed by atoms with Crippen molar-refractivity contribution >= 4 is 40.6 Å². The van der Waals surface area contributed by atoms with Crippen LogP contribution in [0.15, 0.2) is 41.6 Å². The molecule has 0 saturated carbocycles.